The quantitative estimate of drug-likeness (QED) is 0.680. The SMILES string of the molecule is Cc1cc(NC(=O)OCC2c3ccccc3-c3ccccc32)nn1C(C)C(=O)O. The summed E-state index contributed by atoms with van der Waals surface area (Å²) in [7, 11) is 0. The van der Waals surface area contributed by atoms with E-state index in [-0.39, 0.29) is 18.3 Å². The minimum Gasteiger partial charge on any atom is -0.480 e. The fourth-order valence-corrected chi connectivity index (χ4v) is 3.78. The van der Waals surface area contributed by atoms with E-state index in [1.807, 2.05) is 24.3 Å². The summed E-state index contributed by atoms with van der Waals surface area (Å²) in [6.07, 6.45) is -0.625. The van der Waals surface area contributed by atoms with Crippen LogP contribution in [0.2, 0.25) is 0 Å². The van der Waals surface area contributed by atoms with Crippen LogP contribution in [0.25, 0.3) is 11.1 Å². The lowest BCUT2D eigenvalue weighted by molar-refractivity contribution is -0.140. The molecule has 0 aliphatic heterocycles. The number of carboxylic acid groups (broad SMARTS) is 1. The van der Waals surface area contributed by atoms with Gasteiger partial charge in [-0.3, -0.25) is 10.00 Å². The van der Waals surface area contributed by atoms with Gasteiger partial charge in [-0.2, -0.15) is 5.10 Å². The summed E-state index contributed by atoms with van der Waals surface area (Å²) in [5, 5.41) is 15.9. The summed E-state index contributed by atoms with van der Waals surface area (Å²) < 4.78 is 6.83. The Labute approximate surface area is 167 Å². The third kappa shape index (κ3) is 3.47. The summed E-state index contributed by atoms with van der Waals surface area (Å²) in [5.41, 5.74) is 5.23. The molecule has 0 bridgehead atoms. The monoisotopic (exact) mass is 391 g/mol. The average molecular weight is 391 g/mol. The van der Waals surface area contributed by atoms with E-state index in [1.54, 1.807) is 13.0 Å². The van der Waals surface area contributed by atoms with Gasteiger partial charge in [0.25, 0.3) is 0 Å². The van der Waals surface area contributed by atoms with Crippen molar-refractivity contribution >= 4 is 17.9 Å². The lowest BCUT2D eigenvalue weighted by Gasteiger charge is -2.14. The van der Waals surface area contributed by atoms with Crippen molar-refractivity contribution in [2.45, 2.75) is 25.8 Å². The lowest BCUT2D eigenvalue weighted by Crippen LogP contribution is -2.20. The summed E-state index contributed by atoms with van der Waals surface area (Å²) in [4.78, 5) is 23.5. The van der Waals surface area contributed by atoms with Crippen LogP contribution < -0.4 is 5.32 Å². The minimum atomic E-state index is -0.996. The van der Waals surface area contributed by atoms with Crippen LogP contribution in [-0.2, 0) is 9.53 Å². The van der Waals surface area contributed by atoms with Crippen LogP contribution in [-0.4, -0.2) is 33.6 Å². The molecule has 1 unspecified atom stereocenters. The normalized spacial score (nSPS) is 13.4. The number of nitrogens with zero attached hydrogens (tertiary/aromatic N) is 2. The zero-order chi connectivity index (χ0) is 20.5. The molecule has 0 spiro atoms. The first kappa shape index (κ1) is 18.7. The molecule has 1 heterocycles. The molecular formula is C22H21N3O4. The van der Waals surface area contributed by atoms with Crippen molar-refractivity contribution in [3.05, 3.63) is 71.4 Å². The molecule has 0 saturated heterocycles. The lowest BCUT2D eigenvalue weighted by atomic mass is 9.98. The number of aliphatic carboxylic acids is 1. The maximum Gasteiger partial charge on any atom is 0.412 e. The van der Waals surface area contributed by atoms with E-state index < -0.39 is 18.1 Å². The second-order valence-corrected chi connectivity index (χ2v) is 7.08. The fourth-order valence-electron chi connectivity index (χ4n) is 3.78. The molecule has 1 aromatic heterocycles. The smallest absolute Gasteiger partial charge is 0.412 e. The highest BCUT2D eigenvalue weighted by Crippen LogP contribution is 2.44. The Morgan fingerprint density at radius 1 is 1.14 bits per heavy atom. The van der Waals surface area contributed by atoms with E-state index in [1.165, 1.54) is 11.6 Å². The molecule has 1 aliphatic carbocycles. The first-order chi connectivity index (χ1) is 14.0. The van der Waals surface area contributed by atoms with Gasteiger partial charge in [0.05, 0.1) is 0 Å². The molecule has 148 valence electrons. The number of benzene rings is 2. The van der Waals surface area contributed by atoms with Crippen LogP contribution in [0.4, 0.5) is 10.6 Å². The highest BCUT2D eigenvalue weighted by Gasteiger charge is 2.29. The van der Waals surface area contributed by atoms with Crippen molar-refractivity contribution in [2.24, 2.45) is 0 Å². The summed E-state index contributed by atoms with van der Waals surface area (Å²) >= 11 is 0. The van der Waals surface area contributed by atoms with Crippen molar-refractivity contribution < 1.29 is 19.4 Å². The molecule has 7 heteroatoms. The van der Waals surface area contributed by atoms with Gasteiger partial charge in [0.1, 0.15) is 12.6 Å². The number of carbonyl (C=O) groups excluding carboxylic acids is 1. The number of hydrogen-bond donors (Lipinski definition) is 2. The van der Waals surface area contributed by atoms with Crippen molar-refractivity contribution in [1.29, 1.82) is 0 Å². The molecule has 0 fully saturated rings. The second kappa shape index (κ2) is 7.43. The van der Waals surface area contributed by atoms with E-state index in [0.29, 0.717) is 5.69 Å². The molecule has 2 N–H and O–H groups in total. The molecule has 1 amide bonds. The zero-order valence-electron chi connectivity index (χ0n) is 16.1. The number of ether oxygens (including phenoxy) is 1. The molecule has 2 aromatic carbocycles. The third-order valence-corrected chi connectivity index (χ3v) is 5.22. The number of fused-ring (bicyclic) bond motifs is 3. The number of hydrogen-bond acceptors (Lipinski definition) is 4. The van der Waals surface area contributed by atoms with E-state index >= 15 is 0 Å². The van der Waals surface area contributed by atoms with Gasteiger partial charge in [-0.15, -0.1) is 0 Å². The van der Waals surface area contributed by atoms with E-state index in [0.717, 1.165) is 22.3 Å². The minimum absolute atomic E-state index is 0.0283. The molecule has 1 atom stereocenters. The highest BCUT2D eigenvalue weighted by atomic mass is 16.5. The maximum atomic E-state index is 12.3. The molecular weight excluding hydrogens is 370 g/mol. The first-order valence-corrected chi connectivity index (χ1v) is 9.36. The number of nitrogens with one attached hydrogen (secondary N) is 1. The molecule has 29 heavy (non-hydrogen) atoms. The number of rotatable bonds is 5. The van der Waals surface area contributed by atoms with Crippen molar-refractivity contribution in [1.82, 2.24) is 9.78 Å². The summed E-state index contributed by atoms with van der Waals surface area (Å²) in [6.45, 7) is 3.46. The summed E-state index contributed by atoms with van der Waals surface area (Å²) in [5.74, 6) is -0.767. The standard InChI is InChI=1S/C22H21N3O4/c1-13-11-20(24-25(13)14(2)21(26)27)23-22(28)29-12-19-17-9-5-3-7-15(17)16-8-4-6-10-18(16)19/h3-11,14,19H,12H2,1-2H3,(H,26,27)(H,23,24,28). The van der Waals surface area contributed by atoms with Crippen LogP contribution in [0.3, 0.4) is 0 Å². The van der Waals surface area contributed by atoms with Crippen LogP contribution in [0.5, 0.6) is 0 Å². The number of aryl methyl sites for hydroxylation is 1. The number of amides is 1. The Bertz CT molecular complexity index is 1040. The Morgan fingerprint density at radius 2 is 1.72 bits per heavy atom. The topological polar surface area (TPSA) is 93.5 Å². The first-order valence-electron chi connectivity index (χ1n) is 9.36. The van der Waals surface area contributed by atoms with Crippen LogP contribution in [0.1, 0.15) is 35.7 Å². The Balaban J connectivity index is 1.46. The molecule has 3 aromatic rings. The number of carbonyl (C=O) groups is 2. The molecule has 4 rings (SSSR count). The molecule has 0 radical (unpaired) electrons. The second-order valence-electron chi connectivity index (χ2n) is 7.08. The van der Waals surface area contributed by atoms with Gasteiger partial charge in [-0.25, -0.2) is 9.59 Å². The predicted octanol–water partition coefficient (Wildman–Crippen LogP) is 4.20. The van der Waals surface area contributed by atoms with E-state index in [9.17, 15) is 9.59 Å². The Kier molecular flexibility index (Phi) is 4.80. The summed E-state index contributed by atoms with van der Waals surface area (Å²) in [6, 6.07) is 17.0. The fraction of sp³-hybridized carbons (Fsp3) is 0.227. The van der Waals surface area contributed by atoms with Crippen molar-refractivity contribution in [2.75, 3.05) is 11.9 Å². The average Bonchev–Trinajstić information content (AvgIpc) is 3.23. The predicted molar refractivity (Wildman–Crippen MR) is 108 cm³/mol. The van der Waals surface area contributed by atoms with Crippen LogP contribution in [0.15, 0.2) is 54.6 Å². The number of carboxylic acids is 1. The van der Waals surface area contributed by atoms with Crippen LogP contribution in [0, 0.1) is 6.92 Å². The number of anilines is 1. The van der Waals surface area contributed by atoms with Gasteiger partial charge < -0.3 is 9.84 Å². The van der Waals surface area contributed by atoms with Gasteiger partial charge in [0, 0.05) is 17.7 Å². The van der Waals surface area contributed by atoms with Crippen molar-refractivity contribution in [3.63, 3.8) is 0 Å². The van der Waals surface area contributed by atoms with Gasteiger partial charge >= 0.3 is 12.1 Å². The molecule has 1 aliphatic rings. The largest absolute Gasteiger partial charge is 0.480 e. The van der Waals surface area contributed by atoms with Crippen molar-refractivity contribution in [3.8, 4) is 11.1 Å². The van der Waals surface area contributed by atoms with Gasteiger partial charge in [0.15, 0.2) is 5.82 Å². The highest BCUT2D eigenvalue weighted by molar-refractivity contribution is 5.84. The zero-order valence-corrected chi connectivity index (χ0v) is 16.1. The van der Waals surface area contributed by atoms with E-state index in [2.05, 4.69) is 34.7 Å². The Morgan fingerprint density at radius 3 is 2.31 bits per heavy atom. The van der Waals surface area contributed by atoms with Gasteiger partial charge in [-0.05, 0) is 36.1 Å². The molecule has 7 nitrogen and oxygen atoms in total. The van der Waals surface area contributed by atoms with Gasteiger partial charge in [0.2, 0.25) is 0 Å². The Hall–Kier alpha value is -3.61. The van der Waals surface area contributed by atoms with E-state index in [4.69, 9.17) is 9.84 Å². The third-order valence-electron chi connectivity index (χ3n) is 5.22. The maximum absolute atomic E-state index is 12.3. The number of aromatic nitrogens is 2. The van der Waals surface area contributed by atoms with Crippen LogP contribution >= 0.6 is 0 Å². The molecule has 0 saturated carbocycles. The van der Waals surface area contributed by atoms with Gasteiger partial charge in [-0.1, -0.05) is 48.5 Å².